The zero-order valence-corrected chi connectivity index (χ0v) is 15.3. The topological polar surface area (TPSA) is 28.2 Å². The SMILES string of the molecule is CCCCCCCCCC[NH+]1CCCC(CCCC)C1.[C-]#N. The highest BCUT2D eigenvalue weighted by molar-refractivity contribution is 4.61. The number of unbranched alkanes of at least 4 members (excludes halogenated alkanes) is 8. The highest BCUT2D eigenvalue weighted by Crippen LogP contribution is 2.15. The first-order chi connectivity index (χ1) is 10.9. The molecular weight excluding hydrogens is 268 g/mol. The monoisotopic (exact) mass is 308 g/mol. The Balaban J connectivity index is 0.00000211. The summed E-state index contributed by atoms with van der Waals surface area (Å²) < 4.78 is 0. The molecule has 1 aliphatic heterocycles. The Morgan fingerprint density at radius 2 is 1.45 bits per heavy atom. The summed E-state index contributed by atoms with van der Waals surface area (Å²) in [6.07, 6.45) is 19.0. The Labute approximate surface area is 140 Å². The lowest BCUT2D eigenvalue weighted by molar-refractivity contribution is -0.909. The maximum Gasteiger partial charge on any atom is 0.0799 e. The summed E-state index contributed by atoms with van der Waals surface area (Å²) in [5, 5.41) is 6.25. The Bertz CT molecular complexity index is 237. The van der Waals surface area contributed by atoms with Crippen molar-refractivity contribution in [3.63, 3.8) is 0 Å². The van der Waals surface area contributed by atoms with E-state index in [1.807, 2.05) is 4.90 Å². The molecule has 1 heterocycles. The molecule has 0 radical (unpaired) electrons. The molecule has 2 atom stereocenters. The summed E-state index contributed by atoms with van der Waals surface area (Å²) in [7, 11) is 0. The van der Waals surface area contributed by atoms with Gasteiger partial charge in [-0.1, -0.05) is 65.2 Å². The number of nitrogens with zero attached hydrogens (tertiary/aromatic N) is 1. The van der Waals surface area contributed by atoms with Crippen LogP contribution in [0.25, 0.3) is 0 Å². The van der Waals surface area contributed by atoms with Crippen molar-refractivity contribution in [2.75, 3.05) is 19.6 Å². The second-order valence-electron chi connectivity index (χ2n) is 7.08. The maximum absolute atomic E-state index is 6.25. The highest BCUT2D eigenvalue weighted by Gasteiger charge is 2.21. The zero-order valence-electron chi connectivity index (χ0n) is 15.3. The van der Waals surface area contributed by atoms with Gasteiger partial charge in [-0.25, -0.2) is 0 Å². The van der Waals surface area contributed by atoms with E-state index in [0.29, 0.717) is 0 Å². The standard InChI is InChI=1S/C19H39N.CN/c1-3-5-7-8-9-10-11-12-16-20-17-13-15-19(18-20)14-6-4-2;1-2/h19H,3-18H2,1-2H3;/q;-1/p+1. The fourth-order valence-electron chi connectivity index (χ4n) is 3.73. The van der Waals surface area contributed by atoms with Gasteiger partial charge >= 0.3 is 0 Å². The molecule has 22 heavy (non-hydrogen) atoms. The summed E-state index contributed by atoms with van der Waals surface area (Å²) in [6.45, 7) is 13.8. The maximum atomic E-state index is 6.25. The van der Waals surface area contributed by atoms with Gasteiger partial charge in [0, 0.05) is 5.92 Å². The van der Waals surface area contributed by atoms with Crippen molar-refractivity contribution in [1.82, 2.24) is 0 Å². The molecular formula is C20H40N2. The van der Waals surface area contributed by atoms with Gasteiger partial charge in [0.05, 0.1) is 19.6 Å². The predicted molar refractivity (Wildman–Crippen MR) is 95.4 cm³/mol. The van der Waals surface area contributed by atoms with Gasteiger partial charge in [-0.3, -0.25) is 0 Å². The molecule has 1 aliphatic rings. The molecule has 0 aliphatic carbocycles. The summed E-state index contributed by atoms with van der Waals surface area (Å²) >= 11 is 0. The number of rotatable bonds is 12. The van der Waals surface area contributed by atoms with Gasteiger partial charge in [0.25, 0.3) is 0 Å². The van der Waals surface area contributed by atoms with Crippen LogP contribution in [0.4, 0.5) is 0 Å². The Kier molecular flexibility index (Phi) is 16.4. The first-order valence-electron chi connectivity index (χ1n) is 9.92. The molecule has 2 unspecified atom stereocenters. The van der Waals surface area contributed by atoms with E-state index < -0.39 is 0 Å². The van der Waals surface area contributed by atoms with Crippen molar-refractivity contribution in [3.8, 4) is 0 Å². The van der Waals surface area contributed by atoms with Crippen LogP contribution in [0.2, 0.25) is 0 Å². The van der Waals surface area contributed by atoms with Crippen molar-refractivity contribution in [1.29, 1.82) is 5.26 Å². The second-order valence-corrected chi connectivity index (χ2v) is 7.08. The van der Waals surface area contributed by atoms with Crippen LogP contribution in [0.1, 0.15) is 97.3 Å². The summed E-state index contributed by atoms with van der Waals surface area (Å²) in [4.78, 5) is 1.92. The van der Waals surface area contributed by atoms with Crippen molar-refractivity contribution in [2.45, 2.75) is 97.3 Å². The third-order valence-corrected chi connectivity index (χ3v) is 5.07. The lowest BCUT2D eigenvalue weighted by Crippen LogP contribution is -3.13. The molecule has 0 saturated carbocycles. The van der Waals surface area contributed by atoms with E-state index in [9.17, 15) is 0 Å². The van der Waals surface area contributed by atoms with Gasteiger partial charge < -0.3 is 16.7 Å². The van der Waals surface area contributed by atoms with Crippen molar-refractivity contribution < 1.29 is 4.90 Å². The van der Waals surface area contributed by atoms with Gasteiger partial charge in [0.15, 0.2) is 0 Å². The van der Waals surface area contributed by atoms with Crippen molar-refractivity contribution in [2.24, 2.45) is 5.92 Å². The second kappa shape index (κ2) is 16.8. The van der Waals surface area contributed by atoms with E-state index in [0.717, 1.165) is 5.92 Å². The normalized spacial score (nSPS) is 21.1. The predicted octanol–water partition coefficient (Wildman–Crippen LogP) is 4.71. The minimum absolute atomic E-state index is 1.05. The summed E-state index contributed by atoms with van der Waals surface area (Å²) in [6, 6.07) is 0. The van der Waals surface area contributed by atoms with E-state index in [-0.39, 0.29) is 0 Å². The molecule has 2 heteroatoms. The number of nitrogens with one attached hydrogen (secondary N) is 1. The molecule has 1 rings (SSSR count). The molecule has 2 nitrogen and oxygen atoms in total. The van der Waals surface area contributed by atoms with Gasteiger partial charge in [-0.15, -0.1) is 0 Å². The fraction of sp³-hybridized carbons (Fsp3) is 0.950. The fourth-order valence-corrected chi connectivity index (χ4v) is 3.73. The third-order valence-electron chi connectivity index (χ3n) is 5.07. The first-order valence-corrected chi connectivity index (χ1v) is 9.92. The number of quaternary nitrogens is 1. The molecule has 0 amide bonds. The number of hydrogen-bond donors (Lipinski definition) is 1. The summed E-state index contributed by atoms with van der Waals surface area (Å²) in [5.74, 6) is 1.05. The smallest absolute Gasteiger partial charge is 0.0799 e. The number of likely N-dealkylation sites (tertiary alicyclic amines) is 1. The Morgan fingerprint density at radius 3 is 2.09 bits per heavy atom. The van der Waals surface area contributed by atoms with E-state index in [2.05, 4.69) is 13.8 Å². The molecule has 1 saturated heterocycles. The quantitative estimate of drug-likeness (QED) is 0.410. The Hall–Kier alpha value is -0.550. The Morgan fingerprint density at radius 1 is 0.864 bits per heavy atom. The first kappa shape index (κ1) is 21.4. The van der Waals surface area contributed by atoms with Gasteiger partial charge in [0.2, 0.25) is 0 Å². The van der Waals surface area contributed by atoms with Crippen molar-refractivity contribution >= 4 is 0 Å². The molecule has 1 fully saturated rings. The van der Waals surface area contributed by atoms with E-state index >= 15 is 0 Å². The van der Waals surface area contributed by atoms with Crippen LogP contribution in [0.15, 0.2) is 0 Å². The largest absolute Gasteiger partial charge is 0.512 e. The summed E-state index contributed by atoms with van der Waals surface area (Å²) in [5.41, 5.74) is 0. The molecule has 1 N–H and O–H groups in total. The number of piperidine rings is 1. The lowest BCUT2D eigenvalue weighted by Gasteiger charge is -2.30. The molecule has 0 aromatic heterocycles. The van der Waals surface area contributed by atoms with Crippen LogP contribution >= 0.6 is 0 Å². The number of hydrogen-bond acceptors (Lipinski definition) is 1. The molecule has 0 aromatic rings. The molecule has 0 bridgehead atoms. The van der Waals surface area contributed by atoms with Gasteiger partial charge in [-0.2, -0.15) is 0 Å². The average molecular weight is 309 g/mol. The van der Waals surface area contributed by atoms with E-state index in [1.165, 1.54) is 103 Å². The van der Waals surface area contributed by atoms with Crippen LogP contribution in [0.3, 0.4) is 0 Å². The van der Waals surface area contributed by atoms with E-state index in [1.54, 1.807) is 0 Å². The van der Waals surface area contributed by atoms with Gasteiger partial charge in [0.1, 0.15) is 0 Å². The molecule has 0 aromatic carbocycles. The van der Waals surface area contributed by atoms with Crippen LogP contribution in [0, 0.1) is 17.8 Å². The van der Waals surface area contributed by atoms with Crippen LogP contribution < -0.4 is 4.90 Å². The molecule has 130 valence electrons. The van der Waals surface area contributed by atoms with Crippen LogP contribution in [-0.2, 0) is 0 Å². The lowest BCUT2D eigenvalue weighted by atomic mass is 9.92. The van der Waals surface area contributed by atoms with Gasteiger partial charge in [-0.05, 0) is 32.1 Å². The van der Waals surface area contributed by atoms with E-state index in [4.69, 9.17) is 11.8 Å². The van der Waals surface area contributed by atoms with Crippen molar-refractivity contribution in [3.05, 3.63) is 6.57 Å². The highest BCUT2D eigenvalue weighted by atomic mass is 15.1. The van der Waals surface area contributed by atoms with Crippen LogP contribution in [0.5, 0.6) is 0 Å². The average Bonchev–Trinajstić information content (AvgIpc) is 2.57. The zero-order chi connectivity index (χ0) is 16.5. The minimum atomic E-state index is 1.05. The minimum Gasteiger partial charge on any atom is -0.512 e. The third kappa shape index (κ3) is 12.0. The molecule has 0 spiro atoms. The van der Waals surface area contributed by atoms with Crippen LogP contribution in [-0.4, -0.2) is 19.6 Å².